The number of fused-ring (bicyclic) bond motifs is 1. The zero-order chi connectivity index (χ0) is 11.0. The summed E-state index contributed by atoms with van der Waals surface area (Å²) in [5, 5.41) is 12.2. The highest BCUT2D eigenvalue weighted by atomic mass is 19.1. The van der Waals surface area contributed by atoms with E-state index >= 15 is 0 Å². The van der Waals surface area contributed by atoms with Crippen LogP contribution in [-0.2, 0) is 4.79 Å². The third kappa shape index (κ3) is 1.67. The minimum Gasteiger partial charge on any atom is -0.481 e. The van der Waals surface area contributed by atoms with Crippen molar-refractivity contribution in [1.82, 2.24) is 0 Å². The lowest BCUT2D eigenvalue weighted by molar-refractivity contribution is -0.140. The van der Waals surface area contributed by atoms with Gasteiger partial charge in [-0.25, -0.2) is 4.39 Å². The van der Waals surface area contributed by atoms with Gasteiger partial charge in [-0.1, -0.05) is 6.92 Å². The van der Waals surface area contributed by atoms with Gasteiger partial charge in [0, 0.05) is 12.2 Å². The molecule has 4 heteroatoms. The Balaban J connectivity index is 2.50. The van der Waals surface area contributed by atoms with E-state index in [-0.39, 0.29) is 5.92 Å². The van der Waals surface area contributed by atoms with Crippen LogP contribution < -0.4 is 5.32 Å². The zero-order valence-corrected chi connectivity index (χ0v) is 8.33. The maximum atomic E-state index is 13.0. The summed E-state index contributed by atoms with van der Waals surface area (Å²) in [5.41, 5.74) is 1.27. The van der Waals surface area contributed by atoms with Gasteiger partial charge in [-0.2, -0.15) is 0 Å². The summed E-state index contributed by atoms with van der Waals surface area (Å²) in [4.78, 5) is 11.1. The summed E-state index contributed by atoms with van der Waals surface area (Å²) >= 11 is 0. The van der Waals surface area contributed by atoms with Crippen LogP contribution in [0.1, 0.15) is 18.4 Å². The van der Waals surface area contributed by atoms with E-state index in [1.807, 2.05) is 6.92 Å². The molecule has 0 amide bonds. The first-order valence-electron chi connectivity index (χ1n) is 4.85. The Kier molecular flexibility index (Phi) is 2.34. The van der Waals surface area contributed by atoms with E-state index in [0.29, 0.717) is 12.1 Å². The first-order valence-corrected chi connectivity index (χ1v) is 4.85. The van der Waals surface area contributed by atoms with E-state index in [1.54, 1.807) is 6.07 Å². The minimum absolute atomic E-state index is 0.0307. The molecule has 0 saturated carbocycles. The van der Waals surface area contributed by atoms with Crippen molar-refractivity contribution in [2.24, 2.45) is 5.92 Å². The Hall–Kier alpha value is -1.58. The lowest BCUT2D eigenvalue weighted by atomic mass is 9.83. The molecule has 1 aromatic carbocycles. The van der Waals surface area contributed by atoms with Crippen molar-refractivity contribution in [3.63, 3.8) is 0 Å². The Bertz CT molecular complexity index is 406. The van der Waals surface area contributed by atoms with Crippen molar-refractivity contribution in [3.05, 3.63) is 29.6 Å². The largest absolute Gasteiger partial charge is 0.481 e. The molecule has 1 aliphatic heterocycles. The van der Waals surface area contributed by atoms with Gasteiger partial charge in [-0.15, -0.1) is 0 Å². The number of halogens is 1. The molecular formula is C11H12FNO2. The quantitative estimate of drug-likeness (QED) is 0.744. The molecule has 80 valence electrons. The van der Waals surface area contributed by atoms with Crippen LogP contribution in [0.3, 0.4) is 0 Å². The van der Waals surface area contributed by atoms with Crippen molar-refractivity contribution in [2.45, 2.75) is 12.8 Å². The molecule has 2 unspecified atom stereocenters. The number of hydrogen-bond donors (Lipinski definition) is 2. The van der Waals surface area contributed by atoms with Crippen LogP contribution >= 0.6 is 0 Å². The molecule has 0 spiro atoms. The first-order chi connectivity index (χ1) is 7.09. The highest BCUT2D eigenvalue weighted by molar-refractivity contribution is 5.80. The molecule has 0 radical (unpaired) electrons. The molecule has 0 aromatic heterocycles. The second-order valence-corrected chi connectivity index (χ2v) is 3.91. The van der Waals surface area contributed by atoms with Crippen LogP contribution in [0.15, 0.2) is 18.2 Å². The van der Waals surface area contributed by atoms with Gasteiger partial charge in [0.15, 0.2) is 0 Å². The molecule has 1 aromatic rings. The van der Waals surface area contributed by atoms with Crippen LogP contribution in [-0.4, -0.2) is 17.6 Å². The third-order valence-corrected chi connectivity index (χ3v) is 2.80. The minimum atomic E-state index is -0.893. The predicted molar refractivity (Wildman–Crippen MR) is 54.4 cm³/mol. The number of anilines is 1. The van der Waals surface area contributed by atoms with Crippen LogP contribution in [0.4, 0.5) is 10.1 Å². The number of rotatable bonds is 1. The second-order valence-electron chi connectivity index (χ2n) is 3.91. The maximum absolute atomic E-state index is 13.0. The van der Waals surface area contributed by atoms with E-state index in [0.717, 1.165) is 5.69 Å². The lowest BCUT2D eigenvalue weighted by Crippen LogP contribution is -2.30. The number of hydrogen-bond acceptors (Lipinski definition) is 2. The monoisotopic (exact) mass is 209 g/mol. The number of benzene rings is 1. The highest BCUT2D eigenvalue weighted by Crippen LogP contribution is 2.35. The molecule has 0 fully saturated rings. The van der Waals surface area contributed by atoms with Crippen molar-refractivity contribution >= 4 is 11.7 Å². The maximum Gasteiger partial charge on any atom is 0.311 e. The van der Waals surface area contributed by atoms with Gasteiger partial charge in [0.2, 0.25) is 0 Å². The SMILES string of the molecule is CC1CNc2ccc(F)cc2C1C(=O)O. The lowest BCUT2D eigenvalue weighted by Gasteiger charge is -2.29. The molecule has 1 heterocycles. The molecule has 0 saturated heterocycles. The molecule has 0 aliphatic carbocycles. The van der Waals surface area contributed by atoms with Crippen molar-refractivity contribution in [3.8, 4) is 0 Å². The zero-order valence-electron chi connectivity index (χ0n) is 8.33. The van der Waals surface area contributed by atoms with Gasteiger partial charge < -0.3 is 10.4 Å². The van der Waals surface area contributed by atoms with E-state index in [2.05, 4.69) is 5.32 Å². The fourth-order valence-electron chi connectivity index (χ4n) is 2.02. The average Bonchev–Trinajstić information content (AvgIpc) is 2.16. The van der Waals surface area contributed by atoms with Crippen molar-refractivity contribution in [1.29, 1.82) is 0 Å². The number of carboxylic acids is 1. The van der Waals surface area contributed by atoms with Crippen LogP contribution in [0.25, 0.3) is 0 Å². The normalized spacial score (nSPS) is 24.1. The van der Waals surface area contributed by atoms with Gasteiger partial charge in [0.25, 0.3) is 0 Å². The molecule has 2 N–H and O–H groups in total. The average molecular weight is 209 g/mol. The Morgan fingerprint density at radius 3 is 3.00 bits per heavy atom. The van der Waals surface area contributed by atoms with Crippen LogP contribution in [0, 0.1) is 11.7 Å². The standard InChI is InChI=1S/C11H12FNO2/c1-6-5-13-9-3-2-7(12)4-8(9)10(6)11(14)15/h2-4,6,10,13H,5H2,1H3,(H,14,15). The van der Waals surface area contributed by atoms with Crippen LogP contribution in [0.5, 0.6) is 0 Å². The Morgan fingerprint density at radius 2 is 2.33 bits per heavy atom. The van der Waals surface area contributed by atoms with Gasteiger partial charge in [-0.3, -0.25) is 4.79 Å². The first kappa shape index (κ1) is 9.96. The van der Waals surface area contributed by atoms with Crippen molar-refractivity contribution < 1.29 is 14.3 Å². The predicted octanol–water partition coefficient (Wildman–Crippen LogP) is 2.06. The molecule has 15 heavy (non-hydrogen) atoms. The third-order valence-electron chi connectivity index (χ3n) is 2.80. The number of carbonyl (C=O) groups is 1. The molecule has 0 bridgehead atoms. The number of carboxylic acid groups (broad SMARTS) is 1. The fourth-order valence-corrected chi connectivity index (χ4v) is 2.02. The number of nitrogens with one attached hydrogen (secondary N) is 1. The summed E-state index contributed by atoms with van der Waals surface area (Å²) in [6.45, 7) is 2.45. The Labute approximate surface area is 86.9 Å². The molecular weight excluding hydrogens is 197 g/mol. The van der Waals surface area contributed by atoms with Gasteiger partial charge in [0.1, 0.15) is 5.82 Å². The second kappa shape index (κ2) is 3.53. The van der Waals surface area contributed by atoms with E-state index in [4.69, 9.17) is 5.11 Å². The van der Waals surface area contributed by atoms with Gasteiger partial charge in [-0.05, 0) is 29.7 Å². The van der Waals surface area contributed by atoms with Crippen molar-refractivity contribution in [2.75, 3.05) is 11.9 Å². The van der Waals surface area contributed by atoms with Gasteiger partial charge >= 0.3 is 5.97 Å². The summed E-state index contributed by atoms with van der Waals surface area (Å²) in [5.74, 6) is -1.93. The summed E-state index contributed by atoms with van der Waals surface area (Å²) < 4.78 is 13.0. The summed E-state index contributed by atoms with van der Waals surface area (Å²) in [6.07, 6.45) is 0. The van der Waals surface area contributed by atoms with Gasteiger partial charge in [0.05, 0.1) is 5.92 Å². The fraction of sp³-hybridized carbons (Fsp3) is 0.364. The molecule has 1 aliphatic rings. The summed E-state index contributed by atoms with van der Waals surface area (Å²) in [6, 6.07) is 4.23. The highest BCUT2D eigenvalue weighted by Gasteiger charge is 2.32. The smallest absolute Gasteiger partial charge is 0.311 e. The Morgan fingerprint density at radius 1 is 1.60 bits per heavy atom. The van der Waals surface area contributed by atoms with E-state index in [9.17, 15) is 9.18 Å². The van der Waals surface area contributed by atoms with Crippen LogP contribution in [0.2, 0.25) is 0 Å². The van der Waals surface area contributed by atoms with E-state index < -0.39 is 17.7 Å². The number of aliphatic carboxylic acids is 1. The topological polar surface area (TPSA) is 49.3 Å². The molecule has 2 atom stereocenters. The van der Waals surface area contributed by atoms with E-state index in [1.165, 1.54) is 12.1 Å². The molecule has 3 nitrogen and oxygen atoms in total. The summed E-state index contributed by atoms with van der Waals surface area (Å²) in [7, 11) is 0. The molecule has 2 rings (SSSR count).